The molecule has 28 heavy (non-hydrogen) atoms. The number of hydrogen-bond donors (Lipinski definition) is 1. The second-order valence-electron chi connectivity index (χ2n) is 6.34. The van der Waals surface area contributed by atoms with E-state index in [0.29, 0.717) is 46.7 Å². The fourth-order valence-electron chi connectivity index (χ4n) is 2.86. The van der Waals surface area contributed by atoms with Crippen LogP contribution in [0, 0.1) is 0 Å². The van der Waals surface area contributed by atoms with Gasteiger partial charge in [0.05, 0.1) is 17.5 Å². The highest BCUT2D eigenvalue weighted by Gasteiger charge is 2.07. The first kappa shape index (κ1) is 19.8. The van der Waals surface area contributed by atoms with Gasteiger partial charge in [0.1, 0.15) is 11.3 Å². The molecule has 0 aliphatic rings. The SMILES string of the molecule is COc1ccc(NC(=O)CCCCCn2nnc3ccccc3c2=O)cc1Cl. The number of anilines is 1. The number of unbranched alkanes of at least 4 members (excludes halogenated alkanes) is 2. The Labute approximate surface area is 167 Å². The van der Waals surface area contributed by atoms with E-state index in [9.17, 15) is 9.59 Å². The minimum Gasteiger partial charge on any atom is -0.495 e. The van der Waals surface area contributed by atoms with E-state index < -0.39 is 0 Å². The summed E-state index contributed by atoms with van der Waals surface area (Å²) in [6, 6.07) is 12.3. The Balaban J connectivity index is 1.43. The van der Waals surface area contributed by atoms with Gasteiger partial charge in [0.2, 0.25) is 5.91 Å². The van der Waals surface area contributed by atoms with Crippen molar-refractivity contribution < 1.29 is 9.53 Å². The lowest BCUT2D eigenvalue weighted by molar-refractivity contribution is -0.116. The average Bonchev–Trinajstić information content (AvgIpc) is 2.69. The maximum atomic E-state index is 12.4. The molecule has 146 valence electrons. The van der Waals surface area contributed by atoms with Gasteiger partial charge in [-0.2, -0.15) is 0 Å². The normalized spacial score (nSPS) is 10.8. The highest BCUT2D eigenvalue weighted by Crippen LogP contribution is 2.27. The molecular weight excluding hydrogens is 380 g/mol. The molecule has 1 heterocycles. The van der Waals surface area contributed by atoms with E-state index in [1.165, 1.54) is 11.8 Å². The molecule has 3 aromatic rings. The van der Waals surface area contributed by atoms with Crippen LogP contribution >= 0.6 is 11.6 Å². The molecule has 8 heteroatoms. The fraction of sp³-hybridized carbons (Fsp3) is 0.300. The predicted molar refractivity (Wildman–Crippen MR) is 109 cm³/mol. The van der Waals surface area contributed by atoms with Crippen LogP contribution < -0.4 is 15.6 Å². The molecule has 0 bridgehead atoms. The molecule has 1 N–H and O–H groups in total. The largest absolute Gasteiger partial charge is 0.495 e. The molecule has 1 amide bonds. The van der Waals surface area contributed by atoms with Crippen LogP contribution in [0.1, 0.15) is 25.7 Å². The number of aryl methyl sites for hydroxylation is 1. The number of carbonyl (C=O) groups is 1. The van der Waals surface area contributed by atoms with Crippen LogP contribution in [0.2, 0.25) is 5.02 Å². The first-order valence-corrected chi connectivity index (χ1v) is 9.42. The Hall–Kier alpha value is -2.93. The van der Waals surface area contributed by atoms with Crippen molar-refractivity contribution in [3.05, 3.63) is 57.8 Å². The number of nitrogens with zero attached hydrogens (tertiary/aromatic N) is 3. The number of carbonyl (C=O) groups excluding carboxylic acids is 1. The predicted octanol–water partition coefficient (Wildman–Crippen LogP) is 3.65. The Kier molecular flexibility index (Phi) is 6.60. The zero-order chi connectivity index (χ0) is 19.9. The Morgan fingerprint density at radius 1 is 1.18 bits per heavy atom. The Morgan fingerprint density at radius 3 is 2.79 bits per heavy atom. The lowest BCUT2D eigenvalue weighted by Gasteiger charge is -2.08. The van der Waals surface area contributed by atoms with Gasteiger partial charge in [-0.3, -0.25) is 9.59 Å². The maximum Gasteiger partial charge on any atom is 0.277 e. The van der Waals surface area contributed by atoms with Gasteiger partial charge in [-0.25, -0.2) is 4.68 Å². The number of benzene rings is 2. The first-order valence-electron chi connectivity index (χ1n) is 9.04. The van der Waals surface area contributed by atoms with Crippen LogP contribution in [-0.4, -0.2) is 28.0 Å². The van der Waals surface area contributed by atoms with E-state index in [-0.39, 0.29) is 11.5 Å². The van der Waals surface area contributed by atoms with E-state index in [4.69, 9.17) is 16.3 Å². The summed E-state index contributed by atoms with van der Waals surface area (Å²) >= 11 is 6.05. The van der Waals surface area contributed by atoms with Crippen LogP contribution in [-0.2, 0) is 11.3 Å². The molecule has 0 unspecified atom stereocenters. The number of fused-ring (bicyclic) bond motifs is 1. The quantitative estimate of drug-likeness (QED) is 0.583. The molecule has 0 atom stereocenters. The van der Waals surface area contributed by atoms with Gasteiger partial charge >= 0.3 is 0 Å². The van der Waals surface area contributed by atoms with E-state index in [1.54, 1.807) is 30.3 Å². The molecule has 1 aromatic heterocycles. The molecule has 0 spiro atoms. The summed E-state index contributed by atoms with van der Waals surface area (Å²) in [5.74, 6) is 0.482. The molecule has 0 saturated carbocycles. The number of rotatable bonds is 8. The van der Waals surface area contributed by atoms with Gasteiger partial charge in [-0.1, -0.05) is 35.4 Å². The van der Waals surface area contributed by atoms with Crippen molar-refractivity contribution in [2.45, 2.75) is 32.2 Å². The molecule has 3 rings (SSSR count). The molecule has 0 fully saturated rings. The average molecular weight is 401 g/mol. The van der Waals surface area contributed by atoms with Gasteiger partial charge in [0.25, 0.3) is 5.56 Å². The number of halogens is 1. The van der Waals surface area contributed by atoms with Gasteiger partial charge in [0, 0.05) is 18.7 Å². The highest BCUT2D eigenvalue weighted by molar-refractivity contribution is 6.32. The maximum absolute atomic E-state index is 12.4. The lowest BCUT2D eigenvalue weighted by Crippen LogP contribution is -2.24. The van der Waals surface area contributed by atoms with E-state index in [1.807, 2.05) is 12.1 Å². The molecule has 0 aliphatic carbocycles. The van der Waals surface area contributed by atoms with Crippen molar-refractivity contribution >= 4 is 34.1 Å². The third kappa shape index (κ3) is 4.86. The summed E-state index contributed by atoms with van der Waals surface area (Å²) in [5.41, 5.74) is 1.09. The summed E-state index contributed by atoms with van der Waals surface area (Å²) < 4.78 is 6.46. The number of amides is 1. The standard InChI is InChI=1S/C20H21ClN4O3/c1-28-18-11-10-14(13-16(18)21)22-19(26)9-3-2-6-12-25-20(27)15-7-4-5-8-17(15)23-24-25/h4-5,7-8,10-11,13H,2-3,6,9,12H2,1H3,(H,22,26). The number of aromatic nitrogens is 3. The van der Waals surface area contributed by atoms with Crippen molar-refractivity contribution in [3.63, 3.8) is 0 Å². The lowest BCUT2D eigenvalue weighted by atomic mass is 10.2. The third-order valence-electron chi connectivity index (χ3n) is 4.34. The minimum absolute atomic E-state index is 0.0797. The zero-order valence-electron chi connectivity index (χ0n) is 15.5. The van der Waals surface area contributed by atoms with Crippen molar-refractivity contribution in [2.24, 2.45) is 0 Å². The number of methoxy groups -OCH3 is 1. The third-order valence-corrected chi connectivity index (χ3v) is 4.63. The van der Waals surface area contributed by atoms with Gasteiger partial charge in [0.15, 0.2) is 0 Å². The Bertz CT molecular complexity index is 1040. The number of ether oxygens (including phenoxy) is 1. The molecule has 7 nitrogen and oxygen atoms in total. The van der Waals surface area contributed by atoms with Crippen molar-refractivity contribution in [1.29, 1.82) is 0 Å². The second kappa shape index (κ2) is 9.32. The van der Waals surface area contributed by atoms with Crippen molar-refractivity contribution in [2.75, 3.05) is 12.4 Å². The van der Waals surface area contributed by atoms with Crippen LogP contribution in [0.15, 0.2) is 47.3 Å². The topological polar surface area (TPSA) is 86.1 Å². The molecule has 0 aliphatic heterocycles. The monoisotopic (exact) mass is 400 g/mol. The summed E-state index contributed by atoms with van der Waals surface area (Å²) in [5, 5.41) is 11.9. The van der Waals surface area contributed by atoms with E-state index >= 15 is 0 Å². The number of nitrogens with one attached hydrogen (secondary N) is 1. The molecule has 2 aromatic carbocycles. The minimum atomic E-state index is -0.139. The van der Waals surface area contributed by atoms with Gasteiger partial charge < -0.3 is 10.1 Å². The second-order valence-corrected chi connectivity index (χ2v) is 6.75. The van der Waals surface area contributed by atoms with Crippen molar-refractivity contribution in [1.82, 2.24) is 15.0 Å². The molecule has 0 radical (unpaired) electrons. The van der Waals surface area contributed by atoms with Gasteiger partial charge in [-0.15, -0.1) is 5.10 Å². The zero-order valence-corrected chi connectivity index (χ0v) is 16.3. The van der Waals surface area contributed by atoms with Crippen LogP contribution in [0.5, 0.6) is 5.75 Å². The summed E-state index contributed by atoms with van der Waals surface area (Å²) in [6.07, 6.45) is 2.65. The summed E-state index contributed by atoms with van der Waals surface area (Å²) in [4.78, 5) is 24.4. The molecular formula is C20H21ClN4O3. The highest BCUT2D eigenvalue weighted by atomic mass is 35.5. The van der Waals surface area contributed by atoms with Crippen molar-refractivity contribution in [3.8, 4) is 5.75 Å². The first-order chi connectivity index (χ1) is 13.6. The fourth-order valence-corrected chi connectivity index (χ4v) is 3.12. The van der Waals surface area contributed by atoms with Crippen LogP contribution in [0.4, 0.5) is 5.69 Å². The smallest absolute Gasteiger partial charge is 0.277 e. The summed E-state index contributed by atoms with van der Waals surface area (Å²) in [7, 11) is 1.54. The van der Waals surface area contributed by atoms with E-state index in [2.05, 4.69) is 15.6 Å². The summed E-state index contributed by atoms with van der Waals surface area (Å²) in [6.45, 7) is 0.479. The van der Waals surface area contributed by atoms with Gasteiger partial charge in [-0.05, 0) is 43.2 Å². The Morgan fingerprint density at radius 2 is 2.00 bits per heavy atom. The van der Waals surface area contributed by atoms with Crippen LogP contribution in [0.25, 0.3) is 10.9 Å². The van der Waals surface area contributed by atoms with Crippen LogP contribution in [0.3, 0.4) is 0 Å². The number of hydrogen-bond acceptors (Lipinski definition) is 5. The van der Waals surface area contributed by atoms with E-state index in [0.717, 1.165) is 12.8 Å². The molecule has 0 saturated heterocycles.